The van der Waals surface area contributed by atoms with Gasteiger partial charge >= 0.3 is 11.9 Å². The van der Waals surface area contributed by atoms with Crippen LogP contribution in [-0.4, -0.2) is 107 Å². The van der Waals surface area contributed by atoms with E-state index in [1.165, 1.54) is 12.1 Å². The summed E-state index contributed by atoms with van der Waals surface area (Å²) in [6.07, 6.45) is -0.446. The van der Waals surface area contributed by atoms with Crippen molar-refractivity contribution in [3.8, 4) is 0 Å². The molecule has 3 atom stereocenters. The number of H-pyrrole nitrogens is 1. The minimum absolute atomic E-state index is 0. The number of carboxylic acids is 2. The fourth-order valence-corrected chi connectivity index (χ4v) is 3.26. The number of aliphatic carboxylic acids is 2. The number of benzene rings is 1. The van der Waals surface area contributed by atoms with Crippen LogP contribution in [0, 0.1) is 5.92 Å². The molecule has 1 aromatic heterocycles. The first-order valence-corrected chi connectivity index (χ1v) is 10.1. The average Bonchev–Trinajstić information content (AvgIpc) is 2.80. The maximum absolute atomic E-state index is 12.4. The van der Waals surface area contributed by atoms with Crippen LogP contribution in [0.2, 0.25) is 0 Å². The van der Waals surface area contributed by atoms with Gasteiger partial charge in [-0.15, -0.1) is 0 Å². The molecule has 14 nitrogen and oxygen atoms in total. The number of amides is 1. The fourth-order valence-electron chi connectivity index (χ4n) is 3.26. The summed E-state index contributed by atoms with van der Waals surface area (Å²) in [5.74, 6) is -4.82. The molecule has 1 aromatic carbocycles. The first-order chi connectivity index (χ1) is 16.2. The van der Waals surface area contributed by atoms with Crippen LogP contribution in [-0.2, 0) is 14.4 Å². The molecule has 1 amide bonds. The van der Waals surface area contributed by atoms with E-state index < -0.39 is 41.8 Å². The second-order valence-corrected chi connectivity index (χ2v) is 7.54. The number of nitrogens with zero attached hydrogens (tertiary/aromatic N) is 1. The van der Waals surface area contributed by atoms with Crippen molar-refractivity contribution in [3.05, 3.63) is 40.2 Å². The van der Waals surface area contributed by atoms with Crippen molar-refractivity contribution in [1.29, 1.82) is 0 Å². The third kappa shape index (κ3) is 7.31. The maximum atomic E-state index is 12.4. The second-order valence-electron chi connectivity index (χ2n) is 7.54. The predicted molar refractivity (Wildman–Crippen MR) is 127 cm³/mol. The van der Waals surface area contributed by atoms with Gasteiger partial charge in [-0.05, 0) is 30.7 Å². The molecule has 0 aliphatic carbocycles. The van der Waals surface area contributed by atoms with E-state index in [0.717, 1.165) is 0 Å². The Morgan fingerprint density at radius 2 is 1.89 bits per heavy atom. The summed E-state index contributed by atoms with van der Waals surface area (Å²) in [6.45, 7) is 0.899. The SMILES string of the molecule is Nc1nc2c(c(=O)[nH]1)NC(CNc1ccc(C(=O)N[C@@H](CC(C=O)C(=O)O)C(=O)O)cc1)CN2.[Ca]. The molecule has 2 aromatic rings. The minimum Gasteiger partial charge on any atom is -0.481 e. The Hall–Kier alpha value is -3.36. The molecule has 9 N–H and O–H groups in total. The minimum atomic E-state index is -1.55. The molecule has 0 saturated heterocycles. The number of hydrogen-bond acceptors (Lipinski definition) is 10. The number of carbonyl (C=O) groups is 4. The van der Waals surface area contributed by atoms with Gasteiger partial charge in [0.25, 0.3) is 11.5 Å². The second kappa shape index (κ2) is 12.4. The van der Waals surface area contributed by atoms with Crippen molar-refractivity contribution in [3.63, 3.8) is 0 Å². The van der Waals surface area contributed by atoms with E-state index in [9.17, 15) is 29.1 Å². The van der Waals surface area contributed by atoms with Crippen molar-refractivity contribution in [2.45, 2.75) is 18.5 Å². The third-order valence-corrected chi connectivity index (χ3v) is 5.08. The van der Waals surface area contributed by atoms with Gasteiger partial charge < -0.3 is 42.0 Å². The number of nitrogens with one attached hydrogen (secondary N) is 5. The molecular weight excluding hydrogens is 490 g/mol. The Labute approximate surface area is 228 Å². The summed E-state index contributed by atoms with van der Waals surface area (Å²) in [7, 11) is 0. The molecule has 0 fully saturated rings. The Bertz CT molecular complexity index is 1160. The van der Waals surface area contributed by atoms with Crippen LogP contribution in [0.5, 0.6) is 0 Å². The van der Waals surface area contributed by atoms with Gasteiger partial charge in [0, 0.05) is 62.1 Å². The number of aromatic amines is 1. The normalized spacial score (nSPS) is 15.6. The maximum Gasteiger partial charge on any atom is 0.326 e. The standard InChI is InChI=1S/C20H23N7O7.Ca/c21-20-26-15-14(17(30)27-20)24-12(7-23-15)6-22-11-3-1-9(2-4-11)16(29)25-13(19(33)34)5-10(8-28)18(31)32;/h1-4,8,10,12-13,22,24H,5-7H2,(H,25,29)(H,31,32)(H,33,34)(H4,21,23,26,27,30);/t10?,12?,13-;/m0./s1. The molecule has 15 heteroatoms. The zero-order valence-corrected chi connectivity index (χ0v) is 20.6. The van der Waals surface area contributed by atoms with E-state index in [0.29, 0.717) is 24.6 Å². The summed E-state index contributed by atoms with van der Waals surface area (Å²) in [5, 5.41) is 29.7. The zero-order valence-electron chi connectivity index (χ0n) is 18.4. The molecule has 1 aliphatic rings. The van der Waals surface area contributed by atoms with E-state index in [-0.39, 0.29) is 67.3 Å². The number of aldehydes is 1. The van der Waals surface area contributed by atoms with Crippen LogP contribution in [0.3, 0.4) is 0 Å². The molecule has 2 heterocycles. The molecule has 35 heavy (non-hydrogen) atoms. The number of aromatic nitrogens is 2. The fraction of sp³-hybridized carbons (Fsp3) is 0.300. The van der Waals surface area contributed by atoms with Crippen LogP contribution in [0.25, 0.3) is 0 Å². The predicted octanol–water partition coefficient (Wildman–Crippen LogP) is -1.24. The number of rotatable bonds is 10. The Kier molecular flexibility index (Phi) is 9.86. The summed E-state index contributed by atoms with van der Waals surface area (Å²) in [4.78, 5) is 64.0. The number of nitrogens with two attached hydrogens (primary N) is 1. The van der Waals surface area contributed by atoms with Gasteiger partial charge in [0.05, 0.1) is 6.04 Å². The molecule has 3 rings (SSSR count). The summed E-state index contributed by atoms with van der Waals surface area (Å²) in [5.41, 5.74) is 6.23. The molecule has 0 bridgehead atoms. The van der Waals surface area contributed by atoms with Gasteiger partial charge in [0.15, 0.2) is 5.82 Å². The smallest absolute Gasteiger partial charge is 0.326 e. The first kappa shape index (κ1) is 27.9. The molecule has 2 unspecified atom stereocenters. The van der Waals surface area contributed by atoms with Crippen molar-refractivity contribution in [2.24, 2.45) is 5.92 Å². The van der Waals surface area contributed by atoms with Crippen LogP contribution in [0.15, 0.2) is 29.1 Å². The number of hydrogen-bond donors (Lipinski definition) is 8. The van der Waals surface area contributed by atoms with Crippen LogP contribution in [0.1, 0.15) is 16.8 Å². The van der Waals surface area contributed by atoms with Gasteiger partial charge in [0.1, 0.15) is 23.9 Å². The van der Waals surface area contributed by atoms with E-state index in [1.54, 1.807) is 12.1 Å². The quantitative estimate of drug-likeness (QED) is 0.106. The van der Waals surface area contributed by atoms with Gasteiger partial charge in [-0.3, -0.25) is 19.4 Å². The molecule has 1 aliphatic heterocycles. The molecule has 2 radical (unpaired) electrons. The van der Waals surface area contributed by atoms with Gasteiger partial charge in [-0.2, -0.15) is 4.98 Å². The number of carbonyl (C=O) groups excluding carboxylic acids is 2. The van der Waals surface area contributed by atoms with Crippen molar-refractivity contribution < 1.29 is 29.4 Å². The van der Waals surface area contributed by atoms with E-state index in [4.69, 9.17) is 10.8 Å². The largest absolute Gasteiger partial charge is 0.481 e. The Morgan fingerprint density at radius 1 is 1.20 bits per heavy atom. The van der Waals surface area contributed by atoms with Crippen molar-refractivity contribution in [2.75, 3.05) is 34.8 Å². The topological polar surface area (TPSA) is 229 Å². The van der Waals surface area contributed by atoms with Gasteiger partial charge in [0.2, 0.25) is 5.95 Å². The zero-order chi connectivity index (χ0) is 24.8. The molecular formula is C20H23CaN7O7. The van der Waals surface area contributed by atoms with E-state index in [1.807, 2.05) is 0 Å². The Morgan fingerprint density at radius 3 is 2.49 bits per heavy atom. The summed E-state index contributed by atoms with van der Waals surface area (Å²) < 4.78 is 0. The van der Waals surface area contributed by atoms with E-state index in [2.05, 4.69) is 31.2 Å². The number of nitrogen functional groups attached to an aromatic ring is 1. The number of anilines is 4. The monoisotopic (exact) mass is 513 g/mol. The summed E-state index contributed by atoms with van der Waals surface area (Å²) in [6, 6.07) is 4.44. The van der Waals surface area contributed by atoms with Crippen molar-refractivity contribution in [1.82, 2.24) is 15.3 Å². The molecule has 0 spiro atoms. The average molecular weight is 514 g/mol. The van der Waals surface area contributed by atoms with Crippen LogP contribution >= 0.6 is 0 Å². The van der Waals surface area contributed by atoms with E-state index >= 15 is 0 Å². The molecule has 182 valence electrons. The number of carboxylic acid groups (broad SMARTS) is 2. The first-order valence-electron chi connectivity index (χ1n) is 10.1. The molecule has 0 saturated carbocycles. The Balaban J connectivity index is 0.00000432. The third-order valence-electron chi connectivity index (χ3n) is 5.08. The van der Waals surface area contributed by atoms with Crippen LogP contribution in [0.4, 0.5) is 23.1 Å². The van der Waals surface area contributed by atoms with Gasteiger partial charge in [-0.25, -0.2) is 4.79 Å². The number of fused-ring (bicyclic) bond motifs is 1. The van der Waals surface area contributed by atoms with Crippen molar-refractivity contribution >= 4 is 85.0 Å². The van der Waals surface area contributed by atoms with Gasteiger partial charge in [-0.1, -0.05) is 0 Å². The van der Waals surface area contributed by atoms with Crippen LogP contribution < -0.4 is 32.6 Å². The summed E-state index contributed by atoms with van der Waals surface area (Å²) >= 11 is 0.